The van der Waals surface area contributed by atoms with Crippen molar-refractivity contribution in [2.75, 3.05) is 0 Å². The van der Waals surface area contributed by atoms with E-state index in [2.05, 4.69) is 10.3 Å². The van der Waals surface area contributed by atoms with Crippen molar-refractivity contribution < 1.29 is 9.45 Å². The predicted molar refractivity (Wildman–Crippen MR) is 67.8 cm³/mol. The fourth-order valence-corrected chi connectivity index (χ4v) is 2.29. The molecular weight excluding hydrogens is 268 g/mol. The van der Waals surface area contributed by atoms with Gasteiger partial charge in [0.25, 0.3) is 0 Å². The molecule has 19 heavy (non-hydrogen) atoms. The topological polar surface area (TPSA) is 87.0 Å². The number of nitrogens with zero attached hydrogens (tertiary/aromatic N) is 4. The fraction of sp³-hybridized carbons (Fsp3) is 0.0909. The Hall–Kier alpha value is -2.48. The highest BCUT2D eigenvalue weighted by Crippen LogP contribution is 2.25. The third-order valence-corrected chi connectivity index (χ3v) is 3.36. The fourth-order valence-electron chi connectivity index (χ4n) is 1.62. The standard InChI is InChI=1S/C11H8N4O3S/c16-15(17)9-5-12-14(7-9)6-8-4-10(18-13-8)11-2-1-3-19-11/h1-5,7H,6H2. The van der Waals surface area contributed by atoms with Crippen molar-refractivity contribution in [2.24, 2.45) is 0 Å². The minimum absolute atomic E-state index is 0.0398. The summed E-state index contributed by atoms with van der Waals surface area (Å²) in [7, 11) is 0. The summed E-state index contributed by atoms with van der Waals surface area (Å²) >= 11 is 1.56. The predicted octanol–water partition coefficient (Wildman–Crippen LogP) is 2.56. The smallest absolute Gasteiger partial charge is 0.307 e. The highest BCUT2D eigenvalue weighted by molar-refractivity contribution is 7.13. The molecule has 0 saturated carbocycles. The SMILES string of the molecule is O=[N+]([O-])c1cnn(Cc2cc(-c3cccs3)on2)c1. The van der Waals surface area contributed by atoms with Gasteiger partial charge in [0.1, 0.15) is 18.1 Å². The van der Waals surface area contributed by atoms with Gasteiger partial charge in [0.15, 0.2) is 5.76 Å². The van der Waals surface area contributed by atoms with Gasteiger partial charge in [-0.15, -0.1) is 11.3 Å². The summed E-state index contributed by atoms with van der Waals surface area (Å²) in [5, 5.41) is 20.3. The highest BCUT2D eigenvalue weighted by atomic mass is 32.1. The summed E-state index contributed by atoms with van der Waals surface area (Å²) in [5.74, 6) is 0.687. The molecule has 8 heteroatoms. The zero-order chi connectivity index (χ0) is 13.2. The Bertz CT molecular complexity index is 701. The number of nitro groups is 1. The van der Waals surface area contributed by atoms with Gasteiger partial charge in [-0.25, -0.2) is 0 Å². The molecule has 96 valence electrons. The second kappa shape index (κ2) is 4.65. The van der Waals surface area contributed by atoms with Crippen LogP contribution in [0.15, 0.2) is 40.5 Å². The van der Waals surface area contributed by atoms with Gasteiger partial charge in [0.2, 0.25) is 0 Å². The molecular formula is C11H8N4O3S. The van der Waals surface area contributed by atoms with E-state index in [4.69, 9.17) is 4.52 Å². The van der Waals surface area contributed by atoms with Gasteiger partial charge in [-0.3, -0.25) is 14.8 Å². The van der Waals surface area contributed by atoms with Crippen LogP contribution in [0.5, 0.6) is 0 Å². The lowest BCUT2D eigenvalue weighted by Crippen LogP contribution is -1.99. The molecule has 0 N–H and O–H groups in total. The second-order valence-corrected chi connectivity index (χ2v) is 4.76. The Morgan fingerprint density at radius 1 is 1.53 bits per heavy atom. The van der Waals surface area contributed by atoms with E-state index < -0.39 is 4.92 Å². The molecule has 0 spiro atoms. The Morgan fingerprint density at radius 2 is 2.42 bits per heavy atom. The minimum atomic E-state index is -0.483. The van der Waals surface area contributed by atoms with Crippen LogP contribution in [0, 0.1) is 10.1 Å². The van der Waals surface area contributed by atoms with Gasteiger partial charge in [-0.1, -0.05) is 11.2 Å². The second-order valence-electron chi connectivity index (χ2n) is 3.81. The Kier molecular flexibility index (Phi) is 2.84. The van der Waals surface area contributed by atoms with E-state index in [1.54, 1.807) is 17.4 Å². The lowest BCUT2D eigenvalue weighted by Gasteiger charge is -1.93. The first-order valence-corrected chi connectivity index (χ1v) is 6.26. The first-order valence-electron chi connectivity index (χ1n) is 5.39. The van der Waals surface area contributed by atoms with E-state index in [-0.39, 0.29) is 5.69 Å². The zero-order valence-corrected chi connectivity index (χ0v) is 10.4. The van der Waals surface area contributed by atoms with Crippen molar-refractivity contribution in [1.82, 2.24) is 14.9 Å². The summed E-state index contributed by atoms with van der Waals surface area (Å²) < 4.78 is 6.67. The molecule has 0 saturated heterocycles. The average molecular weight is 276 g/mol. The summed E-state index contributed by atoms with van der Waals surface area (Å²) in [6.45, 7) is 0.336. The first-order chi connectivity index (χ1) is 9.22. The van der Waals surface area contributed by atoms with Crippen LogP contribution in [0.3, 0.4) is 0 Å². The van der Waals surface area contributed by atoms with Crippen LogP contribution in [-0.2, 0) is 6.54 Å². The molecule has 0 atom stereocenters. The quantitative estimate of drug-likeness (QED) is 0.540. The van der Waals surface area contributed by atoms with E-state index in [0.29, 0.717) is 18.0 Å². The Labute approximate surface area is 111 Å². The maximum atomic E-state index is 10.5. The van der Waals surface area contributed by atoms with Gasteiger partial charge in [-0.05, 0) is 11.4 Å². The molecule has 0 amide bonds. The van der Waals surface area contributed by atoms with Crippen LogP contribution in [0.4, 0.5) is 5.69 Å². The molecule has 0 aromatic carbocycles. The van der Waals surface area contributed by atoms with Crippen molar-refractivity contribution in [1.29, 1.82) is 0 Å². The molecule has 3 rings (SSSR count). The Morgan fingerprint density at radius 3 is 3.11 bits per heavy atom. The van der Waals surface area contributed by atoms with Crippen LogP contribution < -0.4 is 0 Å². The molecule has 0 radical (unpaired) electrons. The Balaban J connectivity index is 1.78. The zero-order valence-electron chi connectivity index (χ0n) is 9.59. The van der Waals surface area contributed by atoms with Gasteiger partial charge in [0.05, 0.1) is 16.3 Å². The van der Waals surface area contributed by atoms with Crippen molar-refractivity contribution >= 4 is 17.0 Å². The summed E-state index contributed by atoms with van der Waals surface area (Å²) in [5.41, 5.74) is 0.628. The lowest BCUT2D eigenvalue weighted by atomic mass is 10.3. The van der Waals surface area contributed by atoms with Crippen LogP contribution in [0.2, 0.25) is 0 Å². The van der Waals surface area contributed by atoms with Crippen LogP contribution in [0.1, 0.15) is 5.69 Å². The van der Waals surface area contributed by atoms with E-state index in [9.17, 15) is 10.1 Å². The van der Waals surface area contributed by atoms with Crippen molar-refractivity contribution in [3.8, 4) is 10.6 Å². The molecule has 0 aliphatic heterocycles. The molecule has 0 aliphatic carbocycles. The van der Waals surface area contributed by atoms with Gasteiger partial charge in [0, 0.05) is 6.07 Å². The summed E-state index contributed by atoms with van der Waals surface area (Å²) in [6.07, 6.45) is 2.57. The van der Waals surface area contributed by atoms with E-state index in [0.717, 1.165) is 4.88 Å². The summed E-state index contributed by atoms with van der Waals surface area (Å²) in [4.78, 5) is 11.1. The van der Waals surface area contributed by atoms with Crippen LogP contribution >= 0.6 is 11.3 Å². The molecule has 0 fully saturated rings. The first kappa shape index (κ1) is 11.6. The number of hydrogen-bond acceptors (Lipinski definition) is 6. The molecule has 3 aromatic heterocycles. The third kappa shape index (κ3) is 2.38. The van der Waals surface area contributed by atoms with Gasteiger partial charge in [-0.2, -0.15) is 5.10 Å². The van der Waals surface area contributed by atoms with Gasteiger partial charge >= 0.3 is 5.69 Å². The number of rotatable bonds is 4. The van der Waals surface area contributed by atoms with E-state index >= 15 is 0 Å². The lowest BCUT2D eigenvalue weighted by molar-refractivity contribution is -0.385. The molecule has 0 bridgehead atoms. The van der Waals surface area contributed by atoms with Crippen LogP contribution in [-0.4, -0.2) is 19.9 Å². The van der Waals surface area contributed by atoms with Crippen molar-refractivity contribution in [2.45, 2.75) is 6.54 Å². The van der Waals surface area contributed by atoms with E-state index in [1.807, 2.05) is 17.5 Å². The number of aromatic nitrogens is 3. The molecule has 3 heterocycles. The molecule has 3 aromatic rings. The molecule has 0 aliphatic rings. The minimum Gasteiger partial charge on any atom is -0.355 e. The highest BCUT2D eigenvalue weighted by Gasteiger charge is 2.12. The maximum absolute atomic E-state index is 10.5. The maximum Gasteiger partial charge on any atom is 0.307 e. The van der Waals surface area contributed by atoms with Crippen LogP contribution in [0.25, 0.3) is 10.6 Å². The average Bonchev–Trinajstić information content (AvgIpc) is 3.09. The summed E-state index contributed by atoms with van der Waals surface area (Å²) in [6, 6.07) is 5.67. The number of hydrogen-bond donors (Lipinski definition) is 0. The normalized spacial score (nSPS) is 10.7. The van der Waals surface area contributed by atoms with Crippen molar-refractivity contribution in [3.63, 3.8) is 0 Å². The molecule has 7 nitrogen and oxygen atoms in total. The number of thiophene rings is 1. The van der Waals surface area contributed by atoms with E-state index in [1.165, 1.54) is 17.1 Å². The van der Waals surface area contributed by atoms with Crippen molar-refractivity contribution in [3.05, 3.63) is 51.8 Å². The largest absolute Gasteiger partial charge is 0.355 e. The third-order valence-electron chi connectivity index (χ3n) is 2.48. The van der Waals surface area contributed by atoms with Gasteiger partial charge < -0.3 is 4.52 Å². The molecule has 0 unspecified atom stereocenters. The monoisotopic (exact) mass is 276 g/mol.